The number of ether oxygens (including phenoxy) is 2. The summed E-state index contributed by atoms with van der Waals surface area (Å²) in [6.45, 7) is 3.11. The normalized spacial score (nSPS) is 16.1. The van der Waals surface area contributed by atoms with Crippen molar-refractivity contribution in [3.05, 3.63) is 23.8 Å². The summed E-state index contributed by atoms with van der Waals surface area (Å²) in [5, 5.41) is 17.2. The molecule has 1 aliphatic rings. The summed E-state index contributed by atoms with van der Waals surface area (Å²) >= 11 is 0. The number of rotatable bonds is 7. The number of benzene rings is 1. The SMILES string of the molecule is CCNC(=NCC(O)c1cc(OC)cc(OC)c1)NC1CCCC1.I. The van der Waals surface area contributed by atoms with Crippen molar-refractivity contribution >= 4 is 29.9 Å². The van der Waals surface area contributed by atoms with Gasteiger partial charge in [0.1, 0.15) is 11.5 Å². The number of nitrogens with one attached hydrogen (secondary N) is 2. The van der Waals surface area contributed by atoms with Crippen LogP contribution in [0.1, 0.15) is 44.3 Å². The molecule has 7 heteroatoms. The van der Waals surface area contributed by atoms with Crippen molar-refractivity contribution in [2.45, 2.75) is 44.8 Å². The zero-order valence-electron chi connectivity index (χ0n) is 15.2. The number of methoxy groups -OCH3 is 2. The van der Waals surface area contributed by atoms with E-state index in [9.17, 15) is 5.11 Å². The van der Waals surface area contributed by atoms with Gasteiger partial charge < -0.3 is 25.2 Å². The highest BCUT2D eigenvalue weighted by Crippen LogP contribution is 2.26. The molecule has 1 unspecified atom stereocenters. The van der Waals surface area contributed by atoms with Crippen LogP contribution in [-0.2, 0) is 0 Å². The third-order valence-corrected chi connectivity index (χ3v) is 4.22. The van der Waals surface area contributed by atoms with Crippen molar-refractivity contribution in [1.29, 1.82) is 0 Å². The average molecular weight is 463 g/mol. The number of nitrogens with zero attached hydrogens (tertiary/aromatic N) is 1. The van der Waals surface area contributed by atoms with Gasteiger partial charge in [0.05, 0.1) is 26.9 Å². The minimum Gasteiger partial charge on any atom is -0.497 e. The molecule has 0 spiro atoms. The largest absolute Gasteiger partial charge is 0.497 e. The maximum atomic E-state index is 10.5. The standard InChI is InChI=1S/C18H29N3O3.HI/c1-4-19-18(21-14-7-5-6-8-14)20-12-17(22)13-9-15(23-2)11-16(10-13)24-3;/h9-11,14,17,22H,4-8,12H2,1-3H3,(H2,19,20,21);1H. The first kappa shape index (κ1) is 21.8. The van der Waals surface area contributed by atoms with Crippen LogP contribution in [0.5, 0.6) is 11.5 Å². The molecule has 25 heavy (non-hydrogen) atoms. The second-order valence-corrected chi connectivity index (χ2v) is 6.01. The fraction of sp³-hybridized carbons (Fsp3) is 0.611. The Morgan fingerprint density at radius 1 is 1.20 bits per heavy atom. The van der Waals surface area contributed by atoms with Crippen molar-refractivity contribution in [3.63, 3.8) is 0 Å². The third kappa shape index (κ3) is 6.89. The lowest BCUT2D eigenvalue weighted by molar-refractivity contribution is 0.186. The minimum atomic E-state index is -0.715. The lowest BCUT2D eigenvalue weighted by Crippen LogP contribution is -2.42. The molecule has 0 amide bonds. The Balaban J connectivity index is 0.00000312. The van der Waals surface area contributed by atoms with Crippen LogP contribution in [0.2, 0.25) is 0 Å². The lowest BCUT2D eigenvalue weighted by atomic mass is 10.1. The fourth-order valence-electron chi connectivity index (χ4n) is 2.89. The van der Waals surface area contributed by atoms with E-state index in [2.05, 4.69) is 15.6 Å². The molecule has 1 aromatic rings. The Morgan fingerprint density at radius 3 is 2.32 bits per heavy atom. The van der Waals surface area contributed by atoms with Crippen LogP contribution in [0, 0.1) is 0 Å². The molecule has 1 fully saturated rings. The Kier molecular flexibility index (Phi) is 9.96. The number of halogens is 1. The maximum absolute atomic E-state index is 10.5. The van der Waals surface area contributed by atoms with Crippen LogP contribution in [0.4, 0.5) is 0 Å². The molecule has 1 atom stereocenters. The van der Waals surface area contributed by atoms with Crippen LogP contribution in [0.25, 0.3) is 0 Å². The third-order valence-electron chi connectivity index (χ3n) is 4.22. The summed E-state index contributed by atoms with van der Waals surface area (Å²) in [6.07, 6.45) is 4.18. The van der Waals surface area contributed by atoms with Crippen molar-refractivity contribution in [1.82, 2.24) is 10.6 Å². The van der Waals surface area contributed by atoms with E-state index in [1.807, 2.05) is 6.92 Å². The Morgan fingerprint density at radius 2 is 1.80 bits per heavy atom. The molecule has 6 nitrogen and oxygen atoms in total. The van der Waals surface area contributed by atoms with Gasteiger partial charge in [-0.15, -0.1) is 24.0 Å². The molecule has 0 radical (unpaired) electrons. The predicted molar refractivity (Wildman–Crippen MR) is 111 cm³/mol. The number of aliphatic hydroxyl groups excluding tert-OH is 1. The van der Waals surface area contributed by atoms with E-state index in [4.69, 9.17) is 9.47 Å². The number of hydrogen-bond donors (Lipinski definition) is 3. The van der Waals surface area contributed by atoms with Gasteiger partial charge in [0.2, 0.25) is 0 Å². The zero-order valence-corrected chi connectivity index (χ0v) is 17.6. The highest BCUT2D eigenvalue weighted by Gasteiger charge is 2.16. The molecule has 0 bridgehead atoms. The zero-order chi connectivity index (χ0) is 17.4. The summed E-state index contributed by atoms with van der Waals surface area (Å²) in [6, 6.07) is 5.88. The Labute approximate surface area is 167 Å². The number of aliphatic imine (C=N–C) groups is 1. The highest BCUT2D eigenvalue weighted by atomic mass is 127. The number of hydrogen-bond acceptors (Lipinski definition) is 4. The van der Waals surface area contributed by atoms with E-state index in [1.165, 1.54) is 25.7 Å². The molecule has 0 aromatic heterocycles. The lowest BCUT2D eigenvalue weighted by Gasteiger charge is -2.18. The van der Waals surface area contributed by atoms with Gasteiger partial charge in [-0.3, -0.25) is 4.99 Å². The van der Waals surface area contributed by atoms with E-state index in [0.29, 0.717) is 17.5 Å². The average Bonchev–Trinajstić information content (AvgIpc) is 3.12. The molecular formula is C18H30IN3O3. The van der Waals surface area contributed by atoms with Gasteiger partial charge in [0.25, 0.3) is 0 Å². The molecule has 1 aliphatic carbocycles. The summed E-state index contributed by atoms with van der Waals surface area (Å²) in [5.41, 5.74) is 0.728. The van der Waals surface area contributed by atoms with Crippen LogP contribution >= 0.6 is 24.0 Å². The predicted octanol–water partition coefficient (Wildman–Crippen LogP) is 2.85. The van der Waals surface area contributed by atoms with Crippen LogP contribution in [0.15, 0.2) is 23.2 Å². The molecule has 1 saturated carbocycles. The smallest absolute Gasteiger partial charge is 0.191 e. The van der Waals surface area contributed by atoms with E-state index >= 15 is 0 Å². The second kappa shape index (κ2) is 11.4. The van der Waals surface area contributed by atoms with E-state index < -0.39 is 6.10 Å². The van der Waals surface area contributed by atoms with E-state index in [1.54, 1.807) is 32.4 Å². The number of aliphatic hydroxyl groups is 1. The second-order valence-electron chi connectivity index (χ2n) is 6.01. The van der Waals surface area contributed by atoms with Crippen molar-refractivity contribution in [3.8, 4) is 11.5 Å². The first-order valence-electron chi connectivity index (χ1n) is 8.62. The van der Waals surface area contributed by atoms with Gasteiger partial charge in [-0.25, -0.2) is 0 Å². The first-order valence-corrected chi connectivity index (χ1v) is 8.62. The summed E-state index contributed by atoms with van der Waals surface area (Å²) in [7, 11) is 3.19. The summed E-state index contributed by atoms with van der Waals surface area (Å²) < 4.78 is 10.5. The maximum Gasteiger partial charge on any atom is 0.191 e. The van der Waals surface area contributed by atoms with E-state index in [-0.39, 0.29) is 30.5 Å². The molecule has 2 rings (SSSR count). The highest BCUT2D eigenvalue weighted by molar-refractivity contribution is 14.0. The fourth-order valence-corrected chi connectivity index (χ4v) is 2.89. The molecule has 142 valence electrons. The quantitative estimate of drug-likeness (QED) is 0.330. The van der Waals surface area contributed by atoms with Gasteiger partial charge in [-0.2, -0.15) is 0 Å². The Bertz CT molecular complexity index is 526. The molecule has 0 heterocycles. The van der Waals surface area contributed by atoms with Gasteiger partial charge >= 0.3 is 0 Å². The summed E-state index contributed by atoms with van der Waals surface area (Å²) in [4.78, 5) is 4.53. The molecule has 0 saturated heterocycles. The Hall–Kier alpha value is -1.22. The molecular weight excluding hydrogens is 433 g/mol. The van der Waals surface area contributed by atoms with Gasteiger partial charge in [0, 0.05) is 18.7 Å². The molecule has 3 N–H and O–H groups in total. The topological polar surface area (TPSA) is 75.1 Å². The number of guanidine groups is 1. The van der Waals surface area contributed by atoms with Crippen molar-refractivity contribution in [2.24, 2.45) is 4.99 Å². The molecule has 1 aromatic carbocycles. The minimum absolute atomic E-state index is 0. The van der Waals surface area contributed by atoms with Crippen LogP contribution in [-0.4, -0.2) is 44.4 Å². The van der Waals surface area contributed by atoms with Crippen LogP contribution in [0.3, 0.4) is 0 Å². The van der Waals surface area contributed by atoms with Gasteiger partial charge in [0.15, 0.2) is 5.96 Å². The first-order chi connectivity index (χ1) is 11.7. The molecule has 0 aliphatic heterocycles. The monoisotopic (exact) mass is 463 g/mol. The van der Waals surface area contributed by atoms with Gasteiger partial charge in [-0.1, -0.05) is 12.8 Å². The van der Waals surface area contributed by atoms with Crippen LogP contribution < -0.4 is 20.1 Å². The summed E-state index contributed by atoms with van der Waals surface area (Å²) in [5.74, 6) is 2.07. The van der Waals surface area contributed by atoms with Crippen molar-refractivity contribution in [2.75, 3.05) is 27.3 Å². The van der Waals surface area contributed by atoms with Crippen molar-refractivity contribution < 1.29 is 14.6 Å². The van der Waals surface area contributed by atoms with E-state index in [0.717, 1.165) is 18.1 Å². The van der Waals surface area contributed by atoms with Gasteiger partial charge in [-0.05, 0) is 37.5 Å².